The fourth-order valence-corrected chi connectivity index (χ4v) is 11.0. The number of nitrogens with zero attached hydrogens (tertiary/aromatic N) is 1. The van der Waals surface area contributed by atoms with Gasteiger partial charge in [-0.1, -0.05) is 172 Å². The molecule has 1 atom stereocenters. The van der Waals surface area contributed by atoms with Gasteiger partial charge in [0.1, 0.15) is 0 Å². The van der Waals surface area contributed by atoms with Crippen molar-refractivity contribution in [1.29, 1.82) is 0 Å². The lowest BCUT2D eigenvalue weighted by atomic mass is 9.78. The summed E-state index contributed by atoms with van der Waals surface area (Å²) >= 11 is 1.87. The van der Waals surface area contributed by atoms with E-state index < -0.39 is 0 Å². The summed E-state index contributed by atoms with van der Waals surface area (Å²) in [6.07, 6.45) is 5.64. The first kappa shape index (κ1) is 33.8. The first-order valence-corrected chi connectivity index (χ1v) is 20.9. The van der Waals surface area contributed by atoms with Crippen molar-refractivity contribution in [3.63, 3.8) is 0 Å². The van der Waals surface area contributed by atoms with E-state index in [-0.39, 0.29) is 11.3 Å². The minimum Gasteiger partial charge on any atom is -0.309 e. The lowest BCUT2D eigenvalue weighted by Gasteiger charge is -2.32. The Labute approximate surface area is 338 Å². The normalized spacial score (nSPS) is 15.0. The summed E-state index contributed by atoms with van der Waals surface area (Å²) in [6.45, 7) is 4.74. The van der Waals surface area contributed by atoms with Crippen LogP contribution >= 0.6 is 11.3 Å². The maximum atomic E-state index is 2.53. The van der Waals surface area contributed by atoms with Crippen LogP contribution in [-0.2, 0) is 5.41 Å². The Bertz CT molecular complexity index is 3020. The van der Waals surface area contributed by atoms with Gasteiger partial charge in [-0.05, 0) is 92.9 Å². The third-order valence-corrected chi connectivity index (χ3v) is 13.6. The molecule has 2 heteroatoms. The zero-order chi connectivity index (χ0) is 38.1. The summed E-state index contributed by atoms with van der Waals surface area (Å²) in [7, 11) is 0. The lowest BCUT2D eigenvalue weighted by Crippen LogP contribution is -2.16. The van der Waals surface area contributed by atoms with Crippen molar-refractivity contribution >= 4 is 54.6 Å². The fourth-order valence-electron chi connectivity index (χ4n) is 9.82. The zero-order valence-corrected chi connectivity index (χ0v) is 32.9. The maximum absolute atomic E-state index is 2.53. The van der Waals surface area contributed by atoms with Crippen LogP contribution in [0.1, 0.15) is 54.0 Å². The molecule has 0 fully saturated rings. The summed E-state index contributed by atoms with van der Waals surface area (Å²) in [5.74, 6) is 0.271. The minimum absolute atomic E-state index is 0.118. The monoisotopic (exact) mass is 747 g/mol. The van der Waals surface area contributed by atoms with Gasteiger partial charge in [-0.3, -0.25) is 0 Å². The Hall–Kier alpha value is -6.48. The lowest BCUT2D eigenvalue weighted by molar-refractivity contribution is 0.660. The number of fused-ring (bicyclic) bond motifs is 7. The molecule has 0 amide bonds. The van der Waals surface area contributed by atoms with Crippen molar-refractivity contribution in [1.82, 2.24) is 0 Å². The van der Waals surface area contributed by atoms with E-state index in [4.69, 9.17) is 0 Å². The van der Waals surface area contributed by atoms with E-state index in [0.717, 1.165) is 12.1 Å². The van der Waals surface area contributed by atoms with Gasteiger partial charge in [0.05, 0.1) is 11.4 Å². The van der Waals surface area contributed by atoms with E-state index in [0.29, 0.717) is 0 Å². The quantitative estimate of drug-likeness (QED) is 0.164. The molecule has 0 N–H and O–H groups in total. The van der Waals surface area contributed by atoms with E-state index in [9.17, 15) is 0 Å². The van der Waals surface area contributed by atoms with Crippen molar-refractivity contribution in [2.24, 2.45) is 0 Å². The average molecular weight is 748 g/mol. The molecule has 0 aliphatic heterocycles. The van der Waals surface area contributed by atoms with E-state index in [1.807, 2.05) is 11.3 Å². The zero-order valence-electron chi connectivity index (χ0n) is 32.1. The Morgan fingerprint density at radius 1 is 0.526 bits per heavy atom. The molecule has 2 aliphatic rings. The molecule has 1 unspecified atom stereocenters. The largest absolute Gasteiger partial charge is 0.309 e. The Morgan fingerprint density at radius 3 is 2.05 bits per heavy atom. The van der Waals surface area contributed by atoms with Gasteiger partial charge in [-0.15, -0.1) is 11.3 Å². The van der Waals surface area contributed by atoms with Gasteiger partial charge < -0.3 is 4.90 Å². The molecule has 1 nitrogen and oxygen atoms in total. The van der Waals surface area contributed by atoms with E-state index in [1.54, 1.807) is 0 Å². The number of benzene rings is 8. The standard InChI is InChI=1S/C55H41NS/c1-55(2)46-26-9-6-21-44(46)54-47(55)27-15-29-49(54)56(39-34-32-37(33-35-39)41-24-14-31-51-53(41)45-22-8-11-30-50(45)57-51)48-28-10-7-20-42(48)43-25-13-19-38-18-12-23-40(52(38)43)36-16-4-3-5-17-36/h3-22,24-35,40H,23H2,1-2H3. The number of hydrogen-bond donors (Lipinski definition) is 0. The Kier molecular flexibility index (Phi) is 7.91. The van der Waals surface area contributed by atoms with E-state index in [1.165, 1.54) is 92.7 Å². The number of para-hydroxylation sites is 1. The summed E-state index contributed by atoms with van der Waals surface area (Å²) in [6, 6.07) is 67.7. The van der Waals surface area contributed by atoms with Gasteiger partial charge in [-0.25, -0.2) is 0 Å². The van der Waals surface area contributed by atoms with Crippen LogP contribution in [0.4, 0.5) is 17.1 Å². The topological polar surface area (TPSA) is 3.24 Å². The van der Waals surface area contributed by atoms with Crippen molar-refractivity contribution in [2.75, 3.05) is 4.90 Å². The van der Waals surface area contributed by atoms with Crippen molar-refractivity contribution in [2.45, 2.75) is 31.6 Å². The highest BCUT2D eigenvalue weighted by atomic mass is 32.1. The molecule has 57 heavy (non-hydrogen) atoms. The third-order valence-electron chi connectivity index (χ3n) is 12.5. The van der Waals surface area contributed by atoms with Crippen molar-refractivity contribution in [3.05, 3.63) is 216 Å². The van der Waals surface area contributed by atoms with Gasteiger partial charge >= 0.3 is 0 Å². The molecular formula is C55H41NS. The molecule has 1 heterocycles. The molecule has 1 aromatic heterocycles. The first-order valence-electron chi connectivity index (χ1n) is 20.0. The van der Waals surface area contributed by atoms with Crippen LogP contribution in [0, 0.1) is 0 Å². The molecule has 0 radical (unpaired) electrons. The van der Waals surface area contributed by atoms with Crippen LogP contribution < -0.4 is 4.90 Å². The van der Waals surface area contributed by atoms with Crippen molar-refractivity contribution in [3.8, 4) is 33.4 Å². The predicted molar refractivity (Wildman–Crippen MR) is 244 cm³/mol. The highest BCUT2D eigenvalue weighted by Gasteiger charge is 2.38. The van der Waals surface area contributed by atoms with Crippen LogP contribution in [0.5, 0.6) is 0 Å². The average Bonchev–Trinajstić information content (AvgIpc) is 3.76. The molecule has 2 aliphatic carbocycles. The van der Waals surface area contributed by atoms with Gasteiger partial charge in [0.15, 0.2) is 0 Å². The van der Waals surface area contributed by atoms with Crippen molar-refractivity contribution < 1.29 is 0 Å². The molecule has 0 saturated heterocycles. The highest BCUT2D eigenvalue weighted by molar-refractivity contribution is 7.25. The maximum Gasteiger partial charge on any atom is 0.0543 e. The summed E-state index contributed by atoms with van der Waals surface area (Å²) in [4.78, 5) is 2.53. The summed E-state index contributed by atoms with van der Waals surface area (Å²) in [5, 5.41) is 2.66. The number of hydrogen-bond acceptors (Lipinski definition) is 2. The summed E-state index contributed by atoms with van der Waals surface area (Å²) < 4.78 is 2.65. The second-order valence-electron chi connectivity index (χ2n) is 16.0. The molecule has 8 aromatic carbocycles. The van der Waals surface area contributed by atoms with Gasteiger partial charge in [0.25, 0.3) is 0 Å². The van der Waals surface area contributed by atoms with Crippen LogP contribution in [-0.4, -0.2) is 0 Å². The van der Waals surface area contributed by atoms with Crippen LogP contribution in [0.2, 0.25) is 0 Å². The van der Waals surface area contributed by atoms with Gasteiger partial charge in [0, 0.05) is 48.3 Å². The van der Waals surface area contributed by atoms with E-state index >= 15 is 0 Å². The second kappa shape index (κ2) is 13.3. The summed E-state index contributed by atoms with van der Waals surface area (Å²) in [5.41, 5.74) is 17.8. The molecule has 0 saturated carbocycles. The highest BCUT2D eigenvalue weighted by Crippen LogP contribution is 2.55. The molecule has 0 bridgehead atoms. The molecular weight excluding hydrogens is 707 g/mol. The Balaban J connectivity index is 1.14. The molecule has 11 rings (SSSR count). The number of thiophene rings is 1. The number of rotatable bonds is 6. The minimum atomic E-state index is -0.118. The van der Waals surface area contributed by atoms with Crippen LogP contribution in [0.25, 0.3) is 59.6 Å². The molecule has 9 aromatic rings. The first-order chi connectivity index (χ1) is 28.1. The van der Waals surface area contributed by atoms with E-state index in [2.05, 4.69) is 213 Å². The third kappa shape index (κ3) is 5.35. The second-order valence-corrected chi connectivity index (χ2v) is 17.0. The SMILES string of the molecule is CC1(C)c2ccccc2-c2c(N(c3ccc(-c4cccc5sc6ccccc6c45)cc3)c3ccccc3-c3cccc4c3C(c3ccccc3)CC=C4)cccc21. The van der Waals surface area contributed by atoms with Crippen LogP contribution in [0.3, 0.4) is 0 Å². The van der Waals surface area contributed by atoms with Crippen LogP contribution in [0.15, 0.2) is 188 Å². The Morgan fingerprint density at radius 2 is 1.18 bits per heavy atom. The number of anilines is 3. The van der Waals surface area contributed by atoms with Gasteiger partial charge in [0.2, 0.25) is 0 Å². The van der Waals surface area contributed by atoms with Gasteiger partial charge in [-0.2, -0.15) is 0 Å². The number of allylic oxidation sites excluding steroid dienone is 1. The molecule has 272 valence electrons. The predicted octanol–water partition coefficient (Wildman–Crippen LogP) is 15.7. The fraction of sp³-hybridized carbons (Fsp3) is 0.0909. The smallest absolute Gasteiger partial charge is 0.0543 e. The molecule has 0 spiro atoms.